The summed E-state index contributed by atoms with van der Waals surface area (Å²) in [5, 5.41) is 0. The molecule has 0 aromatic heterocycles. The molecule has 1 unspecified atom stereocenters. The maximum atomic E-state index is 5.02. The van der Waals surface area contributed by atoms with Gasteiger partial charge in [-0.1, -0.05) is 39.8 Å². The molecule has 0 saturated heterocycles. The first-order chi connectivity index (χ1) is 4.22. The van der Waals surface area contributed by atoms with E-state index in [2.05, 4.69) is 20.8 Å². The molecule has 9 heavy (non-hydrogen) atoms. The minimum Gasteiger partial charge on any atom is -0.0938 e. The molecule has 0 aliphatic heterocycles. The van der Waals surface area contributed by atoms with E-state index < -0.39 is 0 Å². The molecule has 0 aliphatic carbocycles. The quantitative estimate of drug-likeness (QED) is 0.569. The Morgan fingerprint density at radius 1 is 1.33 bits per heavy atom. The van der Waals surface area contributed by atoms with Gasteiger partial charge in [0.2, 0.25) is 0 Å². The highest BCUT2D eigenvalue weighted by Gasteiger charge is 2.09. The van der Waals surface area contributed by atoms with Crippen LogP contribution in [0.1, 0.15) is 33.6 Å². The summed E-state index contributed by atoms with van der Waals surface area (Å²) in [6.45, 7) is 6.74. The van der Waals surface area contributed by atoms with Crippen molar-refractivity contribution in [3.8, 4) is 0 Å². The molecule has 0 N–H and O–H groups in total. The highest BCUT2D eigenvalue weighted by atomic mass is 32.1. The second-order valence-corrected chi connectivity index (χ2v) is 3.29. The summed E-state index contributed by atoms with van der Waals surface area (Å²) in [5.41, 5.74) is 0. The van der Waals surface area contributed by atoms with Gasteiger partial charge in [-0.3, -0.25) is 0 Å². The highest BCUT2D eigenvalue weighted by molar-refractivity contribution is 7.80. The SMILES string of the molecule is CCCC(C[S])C(C)C. The lowest BCUT2D eigenvalue weighted by Crippen LogP contribution is -2.09. The summed E-state index contributed by atoms with van der Waals surface area (Å²) in [6, 6.07) is 0. The maximum Gasteiger partial charge on any atom is 0.00677 e. The highest BCUT2D eigenvalue weighted by Crippen LogP contribution is 2.17. The Morgan fingerprint density at radius 3 is 2.00 bits per heavy atom. The van der Waals surface area contributed by atoms with Crippen molar-refractivity contribution in [1.82, 2.24) is 0 Å². The molecule has 0 spiro atoms. The lowest BCUT2D eigenvalue weighted by atomic mass is 9.93. The molecular formula is C8H17S. The average molecular weight is 145 g/mol. The monoisotopic (exact) mass is 145 g/mol. The van der Waals surface area contributed by atoms with Crippen LogP contribution < -0.4 is 0 Å². The fourth-order valence-corrected chi connectivity index (χ4v) is 1.53. The van der Waals surface area contributed by atoms with Crippen molar-refractivity contribution in [2.75, 3.05) is 5.75 Å². The Labute approximate surface area is 64.4 Å². The van der Waals surface area contributed by atoms with E-state index in [1.54, 1.807) is 0 Å². The van der Waals surface area contributed by atoms with E-state index in [1.807, 2.05) is 0 Å². The third-order valence-corrected chi connectivity index (χ3v) is 2.24. The first-order valence-electron chi connectivity index (χ1n) is 3.80. The van der Waals surface area contributed by atoms with Gasteiger partial charge >= 0.3 is 0 Å². The molecule has 1 radical (unpaired) electrons. The van der Waals surface area contributed by atoms with E-state index in [0.29, 0.717) is 0 Å². The zero-order valence-corrected chi connectivity index (χ0v) is 7.50. The van der Waals surface area contributed by atoms with E-state index in [-0.39, 0.29) is 0 Å². The molecular weight excluding hydrogens is 128 g/mol. The van der Waals surface area contributed by atoms with Crippen molar-refractivity contribution in [1.29, 1.82) is 0 Å². The van der Waals surface area contributed by atoms with Gasteiger partial charge in [-0.15, -0.1) is 0 Å². The van der Waals surface area contributed by atoms with Crippen LogP contribution in [0.25, 0.3) is 0 Å². The van der Waals surface area contributed by atoms with Crippen LogP contribution in [0.3, 0.4) is 0 Å². The topological polar surface area (TPSA) is 0 Å². The minimum absolute atomic E-state index is 0.780. The van der Waals surface area contributed by atoms with Crippen LogP contribution in [0.5, 0.6) is 0 Å². The van der Waals surface area contributed by atoms with Crippen molar-refractivity contribution >= 4 is 12.6 Å². The molecule has 1 atom stereocenters. The zero-order chi connectivity index (χ0) is 7.28. The standard InChI is InChI=1S/C8H17S/c1-4-5-8(6-9)7(2)3/h7-8H,4-6H2,1-3H3. The molecule has 0 aliphatic rings. The first-order valence-corrected chi connectivity index (χ1v) is 4.38. The molecule has 0 amide bonds. The van der Waals surface area contributed by atoms with Gasteiger partial charge in [0.25, 0.3) is 0 Å². The van der Waals surface area contributed by atoms with Crippen molar-refractivity contribution in [2.45, 2.75) is 33.6 Å². The fourth-order valence-electron chi connectivity index (χ4n) is 0.980. The van der Waals surface area contributed by atoms with Crippen LogP contribution in [0, 0.1) is 11.8 Å². The van der Waals surface area contributed by atoms with Crippen molar-refractivity contribution in [2.24, 2.45) is 11.8 Å². The van der Waals surface area contributed by atoms with Crippen LogP contribution in [-0.4, -0.2) is 5.75 Å². The molecule has 0 heterocycles. The predicted octanol–water partition coefficient (Wildman–Crippen LogP) is 3.26. The van der Waals surface area contributed by atoms with E-state index in [9.17, 15) is 0 Å². The van der Waals surface area contributed by atoms with Gasteiger partial charge in [-0.25, -0.2) is 0 Å². The van der Waals surface area contributed by atoms with Gasteiger partial charge in [0.15, 0.2) is 0 Å². The molecule has 0 fully saturated rings. The summed E-state index contributed by atoms with van der Waals surface area (Å²) < 4.78 is 0. The van der Waals surface area contributed by atoms with E-state index in [0.717, 1.165) is 17.6 Å². The van der Waals surface area contributed by atoms with Gasteiger partial charge in [0, 0.05) is 5.75 Å². The summed E-state index contributed by atoms with van der Waals surface area (Å²) in [5.74, 6) is 2.50. The summed E-state index contributed by atoms with van der Waals surface area (Å²) in [7, 11) is 0. The van der Waals surface area contributed by atoms with Crippen LogP contribution in [-0.2, 0) is 0 Å². The Balaban J connectivity index is 3.41. The van der Waals surface area contributed by atoms with E-state index >= 15 is 0 Å². The predicted molar refractivity (Wildman–Crippen MR) is 45.7 cm³/mol. The van der Waals surface area contributed by atoms with E-state index in [4.69, 9.17) is 12.6 Å². The van der Waals surface area contributed by atoms with Crippen molar-refractivity contribution < 1.29 is 0 Å². The summed E-state index contributed by atoms with van der Waals surface area (Å²) in [6.07, 6.45) is 2.58. The minimum atomic E-state index is 0.780. The van der Waals surface area contributed by atoms with Crippen LogP contribution >= 0.6 is 12.6 Å². The molecule has 1 heteroatoms. The van der Waals surface area contributed by atoms with Crippen molar-refractivity contribution in [3.05, 3.63) is 0 Å². The molecule has 0 aromatic rings. The Kier molecular flexibility index (Phi) is 5.36. The summed E-state index contributed by atoms with van der Waals surface area (Å²) >= 11 is 5.02. The molecule has 0 bridgehead atoms. The van der Waals surface area contributed by atoms with Gasteiger partial charge < -0.3 is 0 Å². The maximum absolute atomic E-state index is 5.02. The average Bonchev–Trinajstić information content (AvgIpc) is 1.82. The Morgan fingerprint density at radius 2 is 1.89 bits per heavy atom. The molecule has 55 valence electrons. The molecule has 0 nitrogen and oxygen atoms in total. The third kappa shape index (κ3) is 3.85. The largest absolute Gasteiger partial charge is 0.0938 e. The van der Waals surface area contributed by atoms with Crippen molar-refractivity contribution in [3.63, 3.8) is 0 Å². The number of rotatable bonds is 4. The van der Waals surface area contributed by atoms with E-state index in [1.165, 1.54) is 12.8 Å². The van der Waals surface area contributed by atoms with Gasteiger partial charge in [0.05, 0.1) is 0 Å². The van der Waals surface area contributed by atoms with Crippen LogP contribution in [0.4, 0.5) is 0 Å². The lowest BCUT2D eigenvalue weighted by Gasteiger charge is -2.16. The molecule has 0 aromatic carbocycles. The molecule has 0 saturated carbocycles. The lowest BCUT2D eigenvalue weighted by molar-refractivity contribution is 0.396. The Hall–Kier alpha value is 0.350. The van der Waals surface area contributed by atoms with Gasteiger partial charge in [-0.05, 0) is 18.3 Å². The number of hydrogen-bond donors (Lipinski definition) is 0. The fraction of sp³-hybridized carbons (Fsp3) is 1.00. The zero-order valence-electron chi connectivity index (χ0n) is 6.68. The second kappa shape index (κ2) is 5.16. The summed E-state index contributed by atoms with van der Waals surface area (Å²) in [4.78, 5) is 0. The van der Waals surface area contributed by atoms with Gasteiger partial charge in [0.1, 0.15) is 0 Å². The normalized spacial score (nSPS) is 14.3. The second-order valence-electron chi connectivity index (χ2n) is 2.96. The van der Waals surface area contributed by atoms with Crippen LogP contribution in [0.2, 0.25) is 0 Å². The van der Waals surface area contributed by atoms with Gasteiger partial charge in [-0.2, -0.15) is 0 Å². The number of hydrogen-bond acceptors (Lipinski definition) is 0. The molecule has 0 rings (SSSR count). The third-order valence-electron chi connectivity index (χ3n) is 1.82. The Bertz CT molecular complexity index is 59.6. The first kappa shape index (κ1) is 9.35. The van der Waals surface area contributed by atoms with Crippen LogP contribution in [0.15, 0.2) is 0 Å². The smallest absolute Gasteiger partial charge is 0.00677 e.